The molecule has 2 rings (SSSR count). The fraction of sp³-hybridized carbons (Fsp3) is 0.571. The highest BCUT2D eigenvalue weighted by Gasteiger charge is 2.22. The summed E-state index contributed by atoms with van der Waals surface area (Å²) in [4.78, 5) is 62.0. The zero-order valence-electron chi connectivity index (χ0n) is 20.7. The first-order valence-corrected chi connectivity index (χ1v) is 11.0. The Morgan fingerprint density at radius 1 is 1.20 bits per heavy atom. The van der Waals surface area contributed by atoms with Crippen molar-refractivity contribution >= 4 is 46.8 Å². The van der Waals surface area contributed by atoms with Crippen LogP contribution in [0.3, 0.4) is 0 Å². The van der Waals surface area contributed by atoms with E-state index in [9.17, 15) is 24.3 Å². The largest absolute Gasteiger partial charge is 0.480 e. The van der Waals surface area contributed by atoms with E-state index in [2.05, 4.69) is 30.9 Å². The van der Waals surface area contributed by atoms with Crippen molar-refractivity contribution < 1.29 is 29.0 Å². The van der Waals surface area contributed by atoms with E-state index < -0.39 is 30.1 Å². The predicted octanol–water partition coefficient (Wildman–Crippen LogP) is 0.900. The van der Waals surface area contributed by atoms with Gasteiger partial charge in [-0.25, -0.2) is 9.78 Å². The van der Waals surface area contributed by atoms with Gasteiger partial charge in [-0.15, -0.1) is 0 Å². The third-order valence-corrected chi connectivity index (χ3v) is 4.49. The van der Waals surface area contributed by atoms with Crippen molar-refractivity contribution in [3.63, 3.8) is 0 Å². The number of amides is 3. The Morgan fingerprint density at radius 3 is 2.46 bits per heavy atom. The average Bonchev–Trinajstić information content (AvgIpc) is 3.13. The molecule has 14 heteroatoms. The van der Waals surface area contributed by atoms with Crippen LogP contribution < -0.4 is 16.0 Å². The number of nitrogens with one attached hydrogen (secondary N) is 3. The van der Waals surface area contributed by atoms with Crippen molar-refractivity contribution in [1.29, 1.82) is 0 Å². The molecule has 0 aliphatic rings. The van der Waals surface area contributed by atoms with E-state index in [1.165, 1.54) is 10.9 Å². The third-order valence-electron chi connectivity index (χ3n) is 4.49. The quantitative estimate of drug-likeness (QED) is 0.372. The van der Waals surface area contributed by atoms with Gasteiger partial charge in [0.05, 0.1) is 6.33 Å². The Kier molecular flexibility index (Phi) is 8.92. The molecule has 0 unspecified atom stereocenters. The molecule has 0 aliphatic carbocycles. The summed E-state index contributed by atoms with van der Waals surface area (Å²) in [6, 6.07) is 0. The Bertz CT molecular complexity index is 1090. The molecule has 0 aromatic carbocycles. The Labute approximate surface area is 202 Å². The summed E-state index contributed by atoms with van der Waals surface area (Å²) in [6.07, 6.45) is 0.706. The van der Waals surface area contributed by atoms with Crippen LogP contribution in [0.1, 0.15) is 34.6 Å². The number of aromatic nitrogens is 4. The number of carboxylic acids is 1. The number of aliphatic carboxylic acids is 1. The van der Waals surface area contributed by atoms with Crippen molar-refractivity contribution in [3.05, 3.63) is 6.33 Å². The molecule has 2 heterocycles. The van der Waals surface area contributed by atoms with Gasteiger partial charge in [-0.1, -0.05) is 13.8 Å². The molecule has 3 amide bonds. The topological polar surface area (TPSA) is 181 Å². The van der Waals surface area contributed by atoms with Crippen LogP contribution in [0, 0.1) is 5.92 Å². The maximum Gasteiger partial charge on any atom is 0.407 e. The molecule has 0 spiro atoms. The fourth-order valence-corrected chi connectivity index (χ4v) is 2.85. The summed E-state index contributed by atoms with van der Waals surface area (Å²) >= 11 is 0. The van der Waals surface area contributed by atoms with E-state index in [4.69, 9.17) is 4.74 Å². The van der Waals surface area contributed by atoms with Crippen molar-refractivity contribution in [2.75, 3.05) is 37.3 Å². The van der Waals surface area contributed by atoms with Crippen LogP contribution in [0.25, 0.3) is 11.2 Å². The highest BCUT2D eigenvalue weighted by molar-refractivity contribution is 5.93. The van der Waals surface area contributed by atoms with E-state index in [0.29, 0.717) is 11.3 Å². The van der Waals surface area contributed by atoms with Crippen LogP contribution >= 0.6 is 0 Å². The predicted molar refractivity (Wildman–Crippen MR) is 127 cm³/mol. The minimum absolute atomic E-state index is 0.00390. The van der Waals surface area contributed by atoms with Gasteiger partial charge in [-0.3, -0.25) is 19.7 Å². The molecule has 14 nitrogen and oxygen atoms in total. The normalized spacial score (nSPS) is 11.3. The number of rotatable bonds is 10. The van der Waals surface area contributed by atoms with Gasteiger partial charge in [-0.05, 0) is 20.8 Å². The van der Waals surface area contributed by atoms with Gasteiger partial charge in [0.1, 0.15) is 18.7 Å². The highest BCUT2D eigenvalue weighted by Crippen LogP contribution is 2.21. The lowest BCUT2D eigenvalue weighted by Crippen LogP contribution is -2.43. The summed E-state index contributed by atoms with van der Waals surface area (Å²) in [6.45, 7) is 7.71. The minimum atomic E-state index is -1.20. The molecule has 0 radical (unpaired) electrons. The fourth-order valence-electron chi connectivity index (χ4n) is 2.85. The minimum Gasteiger partial charge on any atom is -0.480 e. The van der Waals surface area contributed by atoms with E-state index in [-0.39, 0.29) is 43.1 Å². The lowest BCUT2D eigenvalue weighted by Gasteiger charge is -2.23. The maximum absolute atomic E-state index is 12.9. The monoisotopic (exact) mass is 492 g/mol. The molecule has 0 fully saturated rings. The van der Waals surface area contributed by atoms with Crippen LogP contribution in [0.2, 0.25) is 0 Å². The second kappa shape index (κ2) is 11.4. The number of carbonyl (C=O) groups excluding carboxylic acids is 3. The first-order valence-electron chi connectivity index (χ1n) is 11.0. The van der Waals surface area contributed by atoms with Gasteiger partial charge in [0.25, 0.3) is 0 Å². The van der Waals surface area contributed by atoms with Gasteiger partial charge in [-0.2, -0.15) is 9.97 Å². The average molecular weight is 493 g/mol. The number of fused-ring (bicyclic) bond motifs is 1. The van der Waals surface area contributed by atoms with Crippen LogP contribution in [0.5, 0.6) is 0 Å². The summed E-state index contributed by atoms with van der Waals surface area (Å²) in [5.74, 6) is -1.92. The number of alkyl carbamates (subject to hydrolysis) is 1. The number of ether oxygens (including phenoxy) is 1. The number of hydrogen-bond donors (Lipinski definition) is 4. The number of hydrogen-bond acceptors (Lipinski definition) is 9. The molecule has 0 aliphatic heterocycles. The van der Waals surface area contributed by atoms with Crippen LogP contribution in [0.15, 0.2) is 6.33 Å². The van der Waals surface area contributed by atoms with E-state index >= 15 is 0 Å². The van der Waals surface area contributed by atoms with Crippen molar-refractivity contribution in [3.8, 4) is 0 Å². The molecular weight excluding hydrogens is 460 g/mol. The van der Waals surface area contributed by atoms with Gasteiger partial charge in [0.2, 0.25) is 17.8 Å². The molecule has 2 aromatic rings. The number of carboxylic acid groups (broad SMARTS) is 1. The number of carbonyl (C=O) groups is 4. The number of imidazole rings is 1. The van der Waals surface area contributed by atoms with E-state index in [1.807, 2.05) is 0 Å². The molecule has 0 bridgehead atoms. The van der Waals surface area contributed by atoms with Crippen LogP contribution in [0.4, 0.5) is 16.6 Å². The molecule has 2 aromatic heterocycles. The Morgan fingerprint density at radius 2 is 1.89 bits per heavy atom. The first-order chi connectivity index (χ1) is 16.3. The number of nitrogens with zero attached hydrogens (tertiary/aromatic N) is 5. The zero-order chi connectivity index (χ0) is 26.3. The van der Waals surface area contributed by atoms with Crippen molar-refractivity contribution in [2.45, 2.75) is 46.8 Å². The Hall–Kier alpha value is -3.97. The molecule has 0 saturated heterocycles. The highest BCUT2D eigenvalue weighted by atomic mass is 16.6. The maximum atomic E-state index is 12.9. The summed E-state index contributed by atoms with van der Waals surface area (Å²) in [7, 11) is 1.63. The SMILES string of the molecule is CNc1nc(NC(=O)C(C)C)nc2c1ncn2CC(=O)N(CCNC(=O)OC(C)(C)C)CC(=O)O. The third kappa shape index (κ3) is 8.08. The van der Waals surface area contributed by atoms with Gasteiger partial charge >= 0.3 is 12.1 Å². The number of anilines is 2. The molecule has 4 N–H and O–H groups in total. The lowest BCUT2D eigenvalue weighted by atomic mass is 10.2. The first kappa shape index (κ1) is 27.3. The van der Waals surface area contributed by atoms with Crippen molar-refractivity contribution in [2.24, 2.45) is 5.92 Å². The van der Waals surface area contributed by atoms with Gasteiger partial charge in [0.15, 0.2) is 17.0 Å². The second-order valence-corrected chi connectivity index (χ2v) is 8.97. The lowest BCUT2D eigenvalue weighted by molar-refractivity contribution is -0.144. The van der Waals surface area contributed by atoms with Crippen LogP contribution in [-0.4, -0.2) is 85.7 Å². The summed E-state index contributed by atoms with van der Waals surface area (Å²) in [5.41, 5.74) is -0.0387. The molecule has 0 saturated carbocycles. The van der Waals surface area contributed by atoms with Gasteiger partial charge in [0, 0.05) is 26.1 Å². The standard InChI is InChI=1S/C21H32N8O6/c1-12(2)18(33)27-19-25-16(22-6)15-17(26-19)29(11-24-15)9-13(30)28(10-14(31)32)8-7-23-20(34)35-21(3,4)5/h11-12H,7-10H2,1-6H3,(H,23,34)(H,31,32)(H2,22,25,26,27,33). The molecule has 192 valence electrons. The summed E-state index contributed by atoms with van der Waals surface area (Å²) in [5, 5.41) is 17.2. The van der Waals surface area contributed by atoms with Gasteiger partial charge < -0.3 is 29.9 Å². The zero-order valence-corrected chi connectivity index (χ0v) is 20.7. The van der Waals surface area contributed by atoms with E-state index in [0.717, 1.165) is 4.90 Å². The summed E-state index contributed by atoms with van der Waals surface area (Å²) < 4.78 is 6.57. The molecule has 0 atom stereocenters. The van der Waals surface area contributed by atoms with Crippen LogP contribution in [-0.2, 0) is 25.7 Å². The Balaban J connectivity index is 2.19. The molecular formula is C21H32N8O6. The molecule has 35 heavy (non-hydrogen) atoms. The smallest absolute Gasteiger partial charge is 0.407 e. The van der Waals surface area contributed by atoms with E-state index in [1.54, 1.807) is 41.7 Å². The van der Waals surface area contributed by atoms with Crippen molar-refractivity contribution in [1.82, 2.24) is 29.7 Å². The second-order valence-electron chi connectivity index (χ2n) is 8.97.